The average Bonchev–Trinajstić information content (AvgIpc) is 3.24. The summed E-state index contributed by atoms with van der Waals surface area (Å²) in [5.74, 6) is -0.471. The fourth-order valence-corrected chi connectivity index (χ4v) is 4.59. The molecule has 0 bridgehead atoms. The molecule has 1 aliphatic carbocycles. The lowest BCUT2D eigenvalue weighted by atomic mass is 10.1. The van der Waals surface area contributed by atoms with Gasteiger partial charge in [0.25, 0.3) is 5.91 Å². The fraction of sp³-hybridized carbons (Fsp3) is 0.300. The van der Waals surface area contributed by atoms with E-state index in [1.54, 1.807) is 41.4 Å². The Labute approximate surface area is 184 Å². The van der Waals surface area contributed by atoms with Gasteiger partial charge in [0, 0.05) is 12.2 Å². The van der Waals surface area contributed by atoms with Crippen molar-refractivity contribution in [3.8, 4) is 0 Å². The number of hydrogen-bond acceptors (Lipinski definition) is 6. The van der Waals surface area contributed by atoms with Gasteiger partial charge in [0.2, 0.25) is 11.8 Å². The number of carbonyl (C=O) groups excluding carboxylic acids is 3. The molecule has 0 aromatic carbocycles. The molecule has 1 saturated carbocycles. The van der Waals surface area contributed by atoms with Gasteiger partial charge < -0.3 is 16.0 Å². The number of rotatable bonds is 5. The Kier molecular flexibility index (Phi) is 4.69. The lowest BCUT2D eigenvalue weighted by Gasteiger charge is -2.26. The maximum absolute atomic E-state index is 13.2. The molecule has 3 aromatic rings. The van der Waals surface area contributed by atoms with E-state index in [1.807, 2.05) is 0 Å². The Morgan fingerprint density at radius 1 is 1.19 bits per heavy atom. The number of carbonyl (C=O) groups is 3. The third-order valence-electron chi connectivity index (χ3n) is 5.69. The standard InChI is InChI=1S/C20H18BrN7O3/c21-14-4-1-5-15(24-14)25-20(31)13-8-10-7-12(10)28(13)16(29)9-27-19-11(3-2-6-23-19)17(26-27)18(22)30/h1-6,10,12-13H,7-9H2,(H2,22,30)(H,24,25,31)/t10-,12?,13+/m1/s1. The van der Waals surface area contributed by atoms with Crippen LogP contribution in [0.5, 0.6) is 0 Å². The molecule has 158 valence electrons. The predicted octanol–water partition coefficient (Wildman–Crippen LogP) is 1.32. The van der Waals surface area contributed by atoms with Crippen LogP contribution in [0.3, 0.4) is 0 Å². The zero-order chi connectivity index (χ0) is 21.7. The van der Waals surface area contributed by atoms with Crippen LogP contribution in [0, 0.1) is 5.92 Å². The molecule has 3 atom stereocenters. The number of hydrogen-bond donors (Lipinski definition) is 2. The lowest BCUT2D eigenvalue weighted by molar-refractivity contribution is -0.138. The van der Waals surface area contributed by atoms with E-state index >= 15 is 0 Å². The molecule has 11 heteroatoms. The van der Waals surface area contributed by atoms with Gasteiger partial charge in [0.05, 0.1) is 5.39 Å². The average molecular weight is 484 g/mol. The molecule has 3 aromatic heterocycles. The molecule has 1 aliphatic heterocycles. The van der Waals surface area contributed by atoms with E-state index in [1.165, 1.54) is 4.68 Å². The van der Waals surface area contributed by atoms with Gasteiger partial charge in [-0.3, -0.25) is 14.4 Å². The first-order valence-corrected chi connectivity index (χ1v) is 10.6. The van der Waals surface area contributed by atoms with E-state index in [0.29, 0.717) is 33.8 Å². The Morgan fingerprint density at radius 2 is 2.03 bits per heavy atom. The topological polar surface area (TPSA) is 136 Å². The van der Waals surface area contributed by atoms with Crippen molar-refractivity contribution in [1.29, 1.82) is 0 Å². The maximum Gasteiger partial charge on any atom is 0.269 e. The molecule has 2 aliphatic rings. The van der Waals surface area contributed by atoms with Gasteiger partial charge in [0.15, 0.2) is 11.3 Å². The highest BCUT2D eigenvalue weighted by Gasteiger charge is 2.56. The number of likely N-dealkylation sites (tertiary alicyclic amines) is 1. The monoisotopic (exact) mass is 483 g/mol. The fourth-order valence-electron chi connectivity index (χ4n) is 4.25. The lowest BCUT2D eigenvalue weighted by Crippen LogP contribution is -2.46. The Hall–Kier alpha value is -3.34. The van der Waals surface area contributed by atoms with Crippen LogP contribution in [0.25, 0.3) is 11.0 Å². The molecule has 31 heavy (non-hydrogen) atoms. The van der Waals surface area contributed by atoms with Gasteiger partial charge in [0.1, 0.15) is 23.0 Å². The van der Waals surface area contributed by atoms with Crippen molar-refractivity contribution >= 4 is 50.5 Å². The van der Waals surface area contributed by atoms with Crippen LogP contribution in [-0.4, -0.2) is 54.5 Å². The maximum atomic E-state index is 13.2. The minimum Gasteiger partial charge on any atom is -0.364 e. The van der Waals surface area contributed by atoms with Crippen molar-refractivity contribution in [2.24, 2.45) is 11.7 Å². The number of aromatic nitrogens is 4. The summed E-state index contributed by atoms with van der Waals surface area (Å²) in [5, 5.41) is 7.49. The van der Waals surface area contributed by atoms with E-state index in [0.717, 1.165) is 6.42 Å². The van der Waals surface area contributed by atoms with Crippen LogP contribution < -0.4 is 11.1 Å². The van der Waals surface area contributed by atoms with E-state index in [2.05, 4.69) is 36.3 Å². The minimum atomic E-state index is -0.689. The van der Waals surface area contributed by atoms with E-state index in [9.17, 15) is 14.4 Å². The smallest absolute Gasteiger partial charge is 0.269 e. The van der Waals surface area contributed by atoms with Gasteiger partial charge in [-0.15, -0.1) is 0 Å². The Balaban J connectivity index is 1.38. The predicted molar refractivity (Wildman–Crippen MR) is 114 cm³/mol. The normalized spacial score (nSPS) is 21.7. The highest BCUT2D eigenvalue weighted by molar-refractivity contribution is 9.10. The van der Waals surface area contributed by atoms with Gasteiger partial charge in [-0.05, 0) is 59.0 Å². The van der Waals surface area contributed by atoms with Crippen LogP contribution in [0.1, 0.15) is 23.3 Å². The molecule has 1 unspecified atom stereocenters. The number of nitrogens with two attached hydrogens (primary N) is 1. The largest absolute Gasteiger partial charge is 0.364 e. The molecule has 1 saturated heterocycles. The minimum absolute atomic E-state index is 0.0455. The highest BCUT2D eigenvalue weighted by Crippen LogP contribution is 2.48. The Bertz CT molecular complexity index is 1230. The second-order valence-electron chi connectivity index (χ2n) is 7.70. The molecule has 3 amide bonds. The molecule has 0 radical (unpaired) electrons. The van der Waals surface area contributed by atoms with E-state index in [-0.39, 0.29) is 30.1 Å². The first-order chi connectivity index (χ1) is 14.9. The first-order valence-electron chi connectivity index (χ1n) is 9.78. The van der Waals surface area contributed by atoms with Gasteiger partial charge in [-0.2, -0.15) is 5.10 Å². The van der Waals surface area contributed by atoms with Crippen molar-refractivity contribution in [2.75, 3.05) is 5.32 Å². The van der Waals surface area contributed by atoms with Crippen molar-refractivity contribution in [2.45, 2.75) is 31.5 Å². The summed E-state index contributed by atoms with van der Waals surface area (Å²) >= 11 is 3.28. The summed E-state index contributed by atoms with van der Waals surface area (Å²) in [4.78, 5) is 48.0. The number of pyridine rings is 2. The molecule has 2 fully saturated rings. The number of nitrogens with one attached hydrogen (secondary N) is 1. The zero-order valence-corrected chi connectivity index (χ0v) is 17.8. The molecule has 4 heterocycles. The molecule has 10 nitrogen and oxygen atoms in total. The zero-order valence-electron chi connectivity index (χ0n) is 16.2. The van der Waals surface area contributed by atoms with Crippen LogP contribution in [-0.2, 0) is 16.1 Å². The highest BCUT2D eigenvalue weighted by atomic mass is 79.9. The Morgan fingerprint density at radius 3 is 2.81 bits per heavy atom. The van der Waals surface area contributed by atoms with Crippen LogP contribution in [0.15, 0.2) is 41.1 Å². The molecule has 3 N–H and O–H groups in total. The number of piperidine rings is 1. The molecule has 0 spiro atoms. The summed E-state index contributed by atoms with van der Waals surface area (Å²) in [6.45, 7) is -0.136. The molecular weight excluding hydrogens is 466 g/mol. The summed E-state index contributed by atoms with van der Waals surface area (Å²) in [7, 11) is 0. The quantitative estimate of drug-likeness (QED) is 0.525. The summed E-state index contributed by atoms with van der Waals surface area (Å²) in [6.07, 6.45) is 3.06. The molecule has 5 rings (SSSR count). The summed E-state index contributed by atoms with van der Waals surface area (Å²) < 4.78 is 1.98. The van der Waals surface area contributed by atoms with Crippen LogP contribution >= 0.6 is 15.9 Å². The van der Waals surface area contributed by atoms with Crippen molar-refractivity contribution in [3.05, 3.63) is 46.8 Å². The van der Waals surface area contributed by atoms with Crippen LogP contribution in [0.4, 0.5) is 5.82 Å². The first kappa shape index (κ1) is 19.6. The molecular formula is C20H18BrN7O3. The SMILES string of the molecule is NC(=O)c1nn(CC(=O)N2C3C[C@@H]3C[C@H]2C(=O)Nc2cccc(Br)n2)c2ncccc12. The van der Waals surface area contributed by atoms with Gasteiger partial charge in [-0.1, -0.05) is 6.07 Å². The second kappa shape index (κ2) is 7.41. The van der Waals surface area contributed by atoms with Gasteiger partial charge >= 0.3 is 0 Å². The number of amides is 3. The van der Waals surface area contributed by atoms with Gasteiger partial charge in [-0.25, -0.2) is 14.6 Å². The third kappa shape index (κ3) is 3.54. The number of primary amides is 1. The third-order valence-corrected chi connectivity index (χ3v) is 6.13. The number of anilines is 1. The van der Waals surface area contributed by atoms with Crippen molar-refractivity contribution in [1.82, 2.24) is 24.6 Å². The second-order valence-corrected chi connectivity index (χ2v) is 8.51. The van der Waals surface area contributed by atoms with Crippen molar-refractivity contribution in [3.63, 3.8) is 0 Å². The van der Waals surface area contributed by atoms with E-state index < -0.39 is 11.9 Å². The number of fused-ring (bicyclic) bond motifs is 2. The number of halogens is 1. The van der Waals surface area contributed by atoms with Crippen LogP contribution in [0.2, 0.25) is 0 Å². The summed E-state index contributed by atoms with van der Waals surface area (Å²) in [6, 6.07) is 8.05. The van der Waals surface area contributed by atoms with Crippen molar-refractivity contribution < 1.29 is 14.4 Å². The summed E-state index contributed by atoms with van der Waals surface area (Å²) in [5.41, 5.74) is 5.89. The van der Waals surface area contributed by atoms with E-state index in [4.69, 9.17) is 5.73 Å². The number of nitrogens with zero attached hydrogens (tertiary/aromatic N) is 5.